The molecule has 1 aromatic carbocycles. The van der Waals surface area contributed by atoms with Crippen molar-refractivity contribution in [1.82, 2.24) is 10.3 Å². The zero-order valence-electron chi connectivity index (χ0n) is 12.1. The molecule has 1 aromatic heterocycles. The number of benzene rings is 1. The van der Waals surface area contributed by atoms with Crippen LogP contribution in [0.1, 0.15) is 25.5 Å². The number of nitrogens with two attached hydrogens (primary N) is 1. The van der Waals surface area contributed by atoms with Crippen molar-refractivity contribution in [2.45, 2.75) is 26.3 Å². The van der Waals surface area contributed by atoms with Crippen LogP contribution in [0.2, 0.25) is 0 Å². The highest BCUT2D eigenvalue weighted by atomic mass is 127. The molecule has 0 unspecified atom stereocenters. The van der Waals surface area contributed by atoms with Crippen LogP contribution < -0.4 is 11.1 Å². The minimum absolute atomic E-state index is 0. The molecular weight excluding hydrogens is 395 g/mol. The van der Waals surface area contributed by atoms with E-state index in [2.05, 4.69) is 34.3 Å². The standard InChI is InChI=1S/C15H20N4S.HI/c1-2-3-9-17-15(16)18-10-13-11-20-14(19-13)12-7-5-4-6-8-12;/h4-8,11H,2-3,9-10H2,1H3,(H3,16,17,18);1H. The SMILES string of the molecule is CCCCNC(N)=NCc1csc(-c2ccccc2)n1.I. The van der Waals surface area contributed by atoms with Gasteiger partial charge in [-0.15, -0.1) is 35.3 Å². The summed E-state index contributed by atoms with van der Waals surface area (Å²) in [5.41, 5.74) is 7.89. The van der Waals surface area contributed by atoms with E-state index in [4.69, 9.17) is 5.73 Å². The second-order valence-electron chi connectivity index (χ2n) is 4.49. The number of hydrogen-bond donors (Lipinski definition) is 2. The second-order valence-corrected chi connectivity index (χ2v) is 5.35. The lowest BCUT2D eigenvalue weighted by atomic mass is 10.2. The number of hydrogen-bond acceptors (Lipinski definition) is 3. The van der Waals surface area contributed by atoms with E-state index in [1.165, 1.54) is 0 Å². The van der Waals surface area contributed by atoms with E-state index in [0.29, 0.717) is 12.5 Å². The Hall–Kier alpha value is -1.15. The van der Waals surface area contributed by atoms with E-state index in [-0.39, 0.29) is 24.0 Å². The van der Waals surface area contributed by atoms with Gasteiger partial charge < -0.3 is 11.1 Å². The minimum Gasteiger partial charge on any atom is -0.370 e. The van der Waals surface area contributed by atoms with Crippen molar-refractivity contribution in [2.75, 3.05) is 6.54 Å². The normalized spacial score (nSPS) is 11.0. The van der Waals surface area contributed by atoms with Crippen molar-refractivity contribution in [3.63, 3.8) is 0 Å². The molecule has 0 bridgehead atoms. The average Bonchev–Trinajstić information content (AvgIpc) is 2.95. The number of aromatic nitrogens is 1. The second kappa shape index (κ2) is 9.73. The van der Waals surface area contributed by atoms with Crippen LogP contribution in [0.5, 0.6) is 0 Å². The Morgan fingerprint density at radius 1 is 1.33 bits per heavy atom. The Labute approximate surface area is 146 Å². The topological polar surface area (TPSA) is 63.3 Å². The molecule has 2 aromatic rings. The molecule has 1 heterocycles. The van der Waals surface area contributed by atoms with Crippen LogP contribution >= 0.6 is 35.3 Å². The van der Waals surface area contributed by atoms with E-state index in [0.717, 1.165) is 35.7 Å². The molecule has 0 atom stereocenters. The minimum atomic E-state index is 0. The Balaban J connectivity index is 0.00000220. The van der Waals surface area contributed by atoms with Gasteiger partial charge in [-0.2, -0.15) is 0 Å². The van der Waals surface area contributed by atoms with Gasteiger partial charge in [0.15, 0.2) is 5.96 Å². The molecule has 114 valence electrons. The molecule has 21 heavy (non-hydrogen) atoms. The fraction of sp³-hybridized carbons (Fsp3) is 0.333. The van der Waals surface area contributed by atoms with Gasteiger partial charge in [-0.25, -0.2) is 9.98 Å². The van der Waals surface area contributed by atoms with Crippen LogP contribution in [0.25, 0.3) is 10.6 Å². The van der Waals surface area contributed by atoms with E-state index < -0.39 is 0 Å². The molecule has 6 heteroatoms. The molecule has 0 fully saturated rings. The van der Waals surface area contributed by atoms with Crippen LogP contribution in [0, 0.1) is 0 Å². The van der Waals surface area contributed by atoms with Gasteiger partial charge in [0.05, 0.1) is 12.2 Å². The van der Waals surface area contributed by atoms with Gasteiger partial charge in [-0.05, 0) is 6.42 Å². The maximum absolute atomic E-state index is 5.79. The third kappa shape index (κ3) is 6.01. The Bertz CT molecular complexity index is 554. The number of aliphatic imine (C=N–C) groups is 1. The van der Waals surface area contributed by atoms with Gasteiger partial charge in [-0.1, -0.05) is 43.7 Å². The first-order chi connectivity index (χ1) is 9.79. The monoisotopic (exact) mass is 416 g/mol. The summed E-state index contributed by atoms with van der Waals surface area (Å²) in [5, 5.41) is 6.15. The van der Waals surface area contributed by atoms with Crippen molar-refractivity contribution in [2.24, 2.45) is 10.7 Å². The van der Waals surface area contributed by atoms with Gasteiger partial charge in [0, 0.05) is 17.5 Å². The van der Waals surface area contributed by atoms with Crippen molar-refractivity contribution in [3.8, 4) is 10.6 Å². The van der Waals surface area contributed by atoms with E-state index in [9.17, 15) is 0 Å². The third-order valence-electron chi connectivity index (χ3n) is 2.82. The fourth-order valence-electron chi connectivity index (χ4n) is 1.71. The first-order valence-corrected chi connectivity index (χ1v) is 7.71. The number of nitrogens with one attached hydrogen (secondary N) is 1. The van der Waals surface area contributed by atoms with Crippen LogP contribution in [0.3, 0.4) is 0 Å². The highest BCUT2D eigenvalue weighted by Gasteiger charge is 2.03. The zero-order chi connectivity index (χ0) is 14.2. The van der Waals surface area contributed by atoms with E-state index in [1.54, 1.807) is 11.3 Å². The lowest BCUT2D eigenvalue weighted by Crippen LogP contribution is -2.32. The summed E-state index contributed by atoms with van der Waals surface area (Å²) < 4.78 is 0. The molecular formula is C15H21IN4S. The van der Waals surface area contributed by atoms with Crippen molar-refractivity contribution < 1.29 is 0 Å². The molecule has 3 N–H and O–H groups in total. The molecule has 0 saturated carbocycles. The van der Waals surface area contributed by atoms with Crippen LogP contribution in [0.4, 0.5) is 0 Å². The number of unbranched alkanes of at least 4 members (excludes halogenated alkanes) is 1. The zero-order valence-corrected chi connectivity index (χ0v) is 15.2. The van der Waals surface area contributed by atoms with Gasteiger partial charge >= 0.3 is 0 Å². The third-order valence-corrected chi connectivity index (χ3v) is 3.76. The summed E-state index contributed by atoms with van der Waals surface area (Å²) in [5.74, 6) is 0.493. The molecule has 0 amide bonds. The number of nitrogens with zero attached hydrogens (tertiary/aromatic N) is 2. The van der Waals surface area contributed by atoms with Gasteiger partial charge in [0.1, 0.15) is 5.01 Å². The highest BCUT2D eigenvalue weighted by molar-refractivity contribution is 14.0. The molecule has 0 aliphatic carbocycles. The summed E-state index contributed by atoms with van der Waals surface area (Å²) >= 11 is 1.63. The molecule has 0 aliphatic heterocycles. The number of halogens is 1. The average molecular weight is 416 g/mol. The predicted molar refractivity (Wildman–Crippen MR) is 101 cm³/mol. The van der Waals surface area contributed by atoms with E-state index >= 15 is 0 Å². The molecule has 0 aliphatic rings. The number of guanidine groups is 1. The first-order valence-electron chi connectivity index (χ1n) is 6.83. The van der Waals surface area contributed by atoms with Crippen molar-refractivity contribution in [1.29, 1.82) is 0 Å². The molecule has 0 saturated heterocycles. The van der Waals surface area contributed by atoms with Crippen molar-refractivity contribution in [3.05, 3.63) is 41.4 Å². The Kier molecular flexibility index (Phi) is 8.29. The highest BCUT2D eigenvalue weighted by Crippen LogP contribution is 2.23. The molecule has 0 radical (unpaired) electrons. The Morgan fingerprint density at radius 2 is 2.10 bits per heavy atom. The van der Waals surface area contributed by atoms with Gasteiger partial charge in [0.25, 0.3) is 0 Å². The Morgan fingerprint density at radius 3 is 2.81 bits per heavy atom. The summed E-state index contributed by atoms with van der Waals surface area (Å²) in [6, 6.07) is 10.2. The first kappa shape index (κ1) is 17.9. The molecule has 2 rings (SSSR count). The summed E-state index contributed by atoms with van der Waals surface area (Å²) in [7, 11) is 0. The number of rotatable bonds is 6. The fourth-order valence-corrected chi connectivity index (χ4v) is 2.53. The van der Waals surface area contributed by atoms with Gasteiger partial charge in [-0.3, -0.25) is 0 Å². The summed E-state index contributed by atoms with van der Waals surface area (Å²) in [6.45, 7) is 3.54. The summed E-state index contributed by atoms with van der Waals surface area (Å²) in [4.78, 5) is 8.88. The quantitative estimate of drug-likeness (QED) is 0.327. The van der Waals surface area contributed by atoms with Crippen LogP contribution in [-0.4, -0.2) is 17.5 Å². The van der Waals surface area contributed by atoms with Crippen LogP contribution in [-0.2, 0) is 6.54 Å². The lowest BCUT2D eigenvalue weighted by molar-refractivity contribution is 0.747. The van der Waals surface area contributed by atoms with Gasteiger partial charge in [0.2, 0.25) is 0 Å². The smallest absolute Gasteiger partial charge is 0.188 e. The van der Waals surface area contributed by atoms with Crippen molar-refractivity contribution >= 4 is 41.3 Å². The maximum Gasteiger partial charge on any atom is 0.188 e. The molecule has 4 nitrogen and oxygen atoms in total. The lowest BCUT2D eigenvalue weighted by Gasteiger charge is -2.03. The largest absolute Gasteiger partial charge is 0.370 e. The number of thiazole rings is 1. The van der Waals surface area contributed by atoms with E-state index in [1.807, 2.05) is 23.6 Å². The predicted octanol–water partition coefficient (Wildman–Crippen LogP) is 3.63. The summed E-state index contributed by atoms with van der Waals surface area (Å²) in [6.07, 6.45) is 2.25. The maximum atomic E-state index is 5.79. The van der Waals surface area contributed by atoms with Crippen LogP contribution in [0.15, 0.2) is 40.7 Å². The molecule has 0 spiro atoms.